The molecular weight excluding hydrogens is 340 g/mol. The Bertz CT molecular complexity index is 764. The molecule has 2 aromatic heterocycles. The zero-order valence-corrected chi connectivity index (χ0v) is 15.3. The number of halogens is 1. The molecule has 6 nitrogen and oxygen atoms in total. The van der Waals surface area contributed by atoms with Crippen LogP contribution in [0.2, 0.25) is 0 Å². The number of piperidine rings is 1. The van der Waals surface area contributed by atoms with Crippen molar-refractivity contribution in [3.05, 3.63) is 23.0 Å². The topological polar surface area (TPSA) is 85.2 Å². The third kappa shape index (κ3) is 3.51. The van der Waals surface area contributed by atoms with Crippen molar-refractivity contribution in [3.63, 3.8) is 0 Å². The number of hydrogen-bond donors (Lipinski definition) is 1. The van der Waals surface area contributed by atoms with E-state index in [2.05, 4.69) is 17.1 Å². The monoisotopic (exact) mass is 364 g/mol. The maximum Gasteiger partial charge on any atom is 0.259 e. The standard InChI is InChI=1S/C18H24N4O2.ClH/c1-2-3-14-16-13(18(23)22-8-6-12(19)7-9-22)10-15(11-4-5-11)20-17(16)24-21-14;/h10-12H,2-9,19H2,1H3;1H. The molecule has 1 amide bonds. The van der Waals surface area contributed by atoms with E-state index in [-0.39, 0.29) is 24.4 Å². The molecule has 2 aliphatic rings. The fourth-order valence-corrected chi connectivity index (χ4v) is 3.47. The average Bonchev–Trinajstić information content (AvgIpc) is 3.37. The number of nitrogens with two attached hydrogens (primary N) is 1. The molecule has 1 saturated carbocycles. The minimum atomic E-state index is 0. The minimum Gasteiger partial charge on any atom is -0.339 e. The van der Waals surface area contributed by atoms with Crippen molar-refractivity contribution in [1.29, 1.82) is 0 Å². The van der Waals surface area contributed by atoms with Crippen LogP contribution in [-0.2, 0) is 6.42 Å². The Labute approximate surface area is 153 Å². The van der Waals surface area contributed by atoms with Crippen LogP contribution in [0.15, 0.2) is 10.6 Å². The van der Waals surface area contributed by atoms with Gasteiger partial charge in [0.1, 0.15) is 0 Å². The predicted molar refractivity (Wildman–Crippen MR) is 98.1 cm³/mol. The first-order valence-corrected chi connectivity index (χ1v) is 9.01. The summed E-state index contributed by atoms with van der Waals surface area (Å²) < 4.78 is 5.46. The van der Waals surface area contributed by atoms with E-state index in [1.54, 1.807) is 0 Å². The summed E-state index contributed by atoms with van der Waals surface area (Å²) in [7, 11) is 0. The Morgan fingerprint density at radius 3 is 2.68 bits per heavy atom. The molecule has 7 heteroatoms. The molecule has 2 aromatic rings. The summed E-state index contributed by atoms with van der Waals surface area (Å²) in [6.07, 6.45) is 5.75. The molecule has 0 radical (unpaired) electrons. The van der Waals surface area contributed by atoms with Gasteiger partial charge in [0.2, 0.25) is 0 Å². The summed E-state index contributed by atoms with van der Waals surface area (Å²) in [5, 5.41) is 4.98. The minimum absolute atomic E-state index is 0. The van der Waals surface area contributed by atoms with Crippen LogP contribution in [0.3, 0.4) is 0 Å². The van der Waals surface area contributed by atoms with E-state index in [1.807, 2.05) is 11.0 Å². The van der Waals surface area contributed by atoms with Crippen molar-refractivity contribution < 1.29 is 9.32 Å². The van der Waals surface area contributed by atoms with Crippen LogP contribution in [0.25, 0.3) is 11.1 Å². The first-order chi connectivity index (χ1) is 11.7. The number of carbonyl (C=O) groups excluding carboxylic acids is 1. The van der Waals surface area contributed by atoms with E-state index in [0.717, 1.165) is 68.4 Å². The fraction of sp³-hybridized carbons (Fsp3) is 0.611. The highest BCUT2D eigenvalue weighted by molar-refractivity contribution is 6.06. The van der Waals surface area contributed by atoms with Gasteiger partial charge in [0.25, 0.3) is 11.6 Å². The van der Waals surface area contributed by atoms with Gasteiger partial charge in [-0.1, -0.05) is 18.5 Å². The van der Waals surface area contributed by atoms with Gasteiger partial charge >= 0.3 is 0 Å². The van der Waals surface area contributed by atoms with E-state index < -0.39 is 0 Å². The van der Waals surface area contributed by atoms with Crippen molar-refractivity contribution in [2.45, 2.75) is 57.4 Å². The molecule has 25 heavy (non-hydrogen) atoms. The lowest BCUT2D eigenvalue weighted by Gasteiger charge is -2.30. The molecule has 0 spiro atoms. The van der Waals surface area contributed by atoms with Gasteiger partial charge in [-0.2, -0.15) is 0 Å². The van der Waals surface area contributed by atoms with Gasteiger partial charge in [0.15, 0.2) is 0 Å². The number of aromatic nitrogens is 2. The highest BCUT2D eigenvalue weighted by atomic mass is 35.5. The fourth-order valence-electron chi connectivity index (χ4n) is 3.47. The Kier molecular flexibility index (Phi) is 5.29. The van der Waals surface area contributed by atoms with Crippen LogP contribution >= 0.6 is 12.4 Å². The molecule has 4 rings (SSSR count). The number of likely N-dealkylation sites (tertiary alicyclic amines) is 1. The van der Waals surface area contributed by atoms with Crippen molar-refractivity contribution in [3.8, 4) is 0 Å². The number of amides is 1. The van der Waals surface area contributed by atoms with Gasteiger partial charge in [-0.3, -0.25) is 4.79 Å². The maximum atomic E-state index is 13.2. The lowest BCUT2D eigenvalue weighted by Crippen LogP contribution is -2.43. The highest BCUT2D eigenvalue weighted by Gasteiger charge is 2.31. The number of hydrogen-bond acceptors (Lipinski definition) is 5. The molecule has 136 valence electrons. The van der Waals surface area contributed by atoms with E-state index in [1.165, 1.54) is 0 Å². The Balaban J connectivity index is 0.00000182. The van der Waals surface area contributed by atoms with E-state index in [9.17, 15) is 4.79 Å². The first-order valence-electron chi connectivity index (χ1n) is 9.01. The lowest BCUT2D eigenvalue weighted by atomic mass is 10.0. The number of nitrogens with zero attached hydrogens (tertiary/aromatic N) is 3. The molecule has 3 heterocycles. The zero-order chi connectivity index (χ0) is 16.7. The molecule has 0 aromatic carbocycles. The summed E-state index contributed by atoms with van der Waals surface area (Å²) in [4.78, 5) is 19.7. The van der Waals surface area contributed by atoms with Gasteiger partial charge in [-0.05, 0) is 38.2 Å². The average molecular weight is 365 g/mol. The summed E-state index contributed by atoms with van der Waals surface area (Å²) in [6.45, 7) is 3.54. The summed E-state index contributed by atoms with van der Waals surface area (Å²) >= 11 is 0. The molecule has 0 unspecified atom stereocenters. The largest absolute Gasteiger partial charge is 0.339 e. The molecule has 0 atom stereocenters. The Morgan fingerprint density at radius 1 is 1.32 bits per heavy atom. The SMILES string of the molecule is CCCc1noc2nc(C3CC3)cc(C(=O)N3CCC(N)CC3)c12.Cl. The van der Waals surface area contributed by atoms with Gasteiger partial charge < -0.3 is 15.2 Å². The third-order valence-electron chi connectivity index (χ3n) is 5.08. The second-order valence-corrected chi connectivity index (χ2v) is 7.06. The molecule has 2 N–H and O–H groups in total. The lowest BCUT2D eigenvalue weighted by molar-refractivity contribution is 0.0716. The van der Waals surface area contributed by atoms with Gasteiger partial charge in [-0.15, -0.1) is 12.4 Å². The summed E-state index contributed by atoms with van der Waals surface area (Å²) in [5.41, 5.74) is 9.01. The molecule has 2 fully saturated rings. The Hall–Kier alpha value is -1.66. The van der Waals surface area contributed by atoms with Crippen LogP contribution in [0.1, 0.15) is 66.7 Å². The second kappa shape index (κ2) is 7.30. The number of pyridine rings is 1. The number of carbonyl (C=O) groups is 1. The zero-order valence-electron chi connectivity index (χ0n) is 14.5. The summed E-state index contributed by atoms with van der Waals surface area (Å²) in [6, 6.07) is 2.19. The second-order valence-electron chi connectivity index (χ2n) is 7.06. The molecule has 1 saturated heterocycles. The number of aryl methyl sites for hydroxylation is 1. The van der Waals surface area contributed by atoms with Crippen LogP contribution < -0.4 is 5.73 Å². The van der Waals surface area contributed by atoms with Gasteiger partial charge in [0.05, 0.1) is 16.6 Å². The quantitative estimate of drug-likeness (QED) is 0.901. The molecule has 1 aliphatic heterocycles. The van der Waals surface area contributed by atoms with Crippen molar-refractivity contribution in [1.82, 2.24) is 15.0 Å². The Morgan fingerprint density at radius 2 is 2.04 bits per heavy atom. The van der Waals surface area contributed by atoms with Crippen molar-refractivity contribution >= 4 is 29.4 Å². The molecular formula is C18H25ClN4O2. The van der Waals surface area contributed by atoms with E-state index in [0.29, 0.717) is 17.2 Å². The number of fused-ring (bicyclic) bond motifs is 1. The van der Waals surface area contributed by atoms with Crippen LogP contribution in [-0.4, -0.2) is 40.1 Å². The smallest absolute Gasteiger partial charge is 0.259 e. The van der Waals surface area contributed by atoms with E-state index >= 15 is 0 Å². The highest BCUT2D eigenvalue weighted by Crippen LogP contribution is 2.40. The number of rotatable bonds is 4. The van der Waals surface area contributed by atoms with Crippen molar-refractivity contribution in [2.24, 2.45) is 5.73 Å². The molecule has 1 aliphatic carbocycles. The third-order valence-corrected chi connectivity index (χ3v) is 5.08. The van der Waals surface area contributed by atoms with Gasteiger partial charge in [0, 0.05) is 30.7 Å². The van der Waals surface area contributed by atoms with Crippen LogP contribution in [0.4, 0.5) is 0 Å². The van der Waals surface area contributed by atoms with Crippen molar-refractivity contribution in [2.75, 3.05) is 13.1 Å². The summed E-state index contributed by atoms with van der Waals surface area (Å²) in [5.74, 6) is 0.534. The first kappa shape index (κ1) is 18.1. The van der Waals surface area contributed by atoms with Crippen LogP contribution in [0, 0.1) is 0 Å². The van der Waals surface area contributed by atoms with Gasteiger partial charge in [-0.25, -0.2) is 4.98 Å². The molecule has 0 bridgehead atoms. The predicted octanol–water partition coefficient (Wildman–Crippen LogP) is 3.04. The normalized spacial score (nSPS) is 18.4. The van der Waals surface area contributed by atoms with E-state index in [4.69, 9.17) is 10.3 Å². The van der Waals surface area contributed by atoms with Crippen LogP contribution in [0.5, 0.6) is 0 Å². The maximum absolute atomic E-state index is 13.2.